The highest BCUT2D eigenvalue weighted by Gasteiger charge is 2.14. The lowest BCUT2D eigenvalue weighted by Gasteiger charge is -2.14. The molecule has 7 heteroatoms. The van der Waals surface area contributed by atoms with Crippen LogP contribution in [0.2, 0.25) is 0 Å². The molecule has 0 atom stereocenters. The van der Waals surface area contributed by atoms with Crippen molar-refractivity contribution in [3.05, 3.63) is 122 Å². The Morgan fingerprint density at radius 3 is 2.33 bits per heavy atom. The fraction of sp³-hybridized carbons (Fsp3) is 0.125. The zero-order chi connectivity index (χ0) is 27.6. The van der Waals surface area contributed by atoms with E-state index >= 15 is 0 Å². The number of nitrogens with one attached hydrogen (secondary N) is 1. The first kappa shape index (κ1) is 27.7. The highest BCUT2D eigenvalue weighted by molar-refractivity contribution is 14.1. The van der Waals surface area contributed by atoms with Crippen LogP contribution >= 0.6 is 22.6 Å². The van der Waals surface area contributed by atoms with Gasteiger partial charge in [0.05, 0.1) is 10.7 Å². The summed E-state index contributed by atoms with van der Waals surface area (Å²) in [6.45, 7) is 2.88. The van der Waals surface area contributed by atoms with E-state index in [1.54, 1.807) is 37.4 Å². The largest absolute Gasteiger partial charge is 0.493 e. The molecule has 0 fully saturated rings. The maximum absolute atomic E-state index is 12.8. The minimum absolute atomic E-state index is 0.0364. The van der Waals surface area contributed by atoms with E-state index in [0.29, 0.717) is 41.7 Å². The minimum Gasteiger partial charge on any atom is -0.493 e. The second kappa shape index (κ2) is 13.5. The van der Waals surface area contributed by atoms with Crippen LogP contribution in [-0.4, -0.2) is 13.0 Å². The lowest BCUT2D eigenvalue weighted by molar-refractivity contribution is -0.112. The monoisotopic (exact) mass is 630 g/mol. The number of aryl methyl sites for hydroxylation is 1. The fourth-order valence-corrected chi connectivity index (χ4v) is 4.59. The molecule has 0 radical (unpaired) electrons. The third-order valence-corrected chi connectivity index (χ3v) is 6.56. The molecule has 0 bridgehead atoms. The number of rotatable bonds is 10. The van der Waals surface area contributed by atoms with Gasteiger partial charge in [0, 0.05) is 5.69 Å². The van der Waals surface area contributed by atoms with E-state index in [-0.39, 0.29) is 5.57 Å². The fourth-order valence-electron chi connectivity index (χ4n) is 3.81. The predicted octanol–water partition coefficient (Wildman–Crippen LogP) is 7.31. The Kier molecular flexibility index (Phi) is 9.59. The van der Waals surface area contributed by atoms with E-state index in [2.05, 4.69) is 34.0 Å². The molecule has 39 heavy (non-hydrogen) atoms. The Balaban J connectivity index is 1.42. The number of carbonyl (C=O) groups is 1. The van der Waals surface area contributed by atoms with Gasteiger partial charge in [-0.3, -0.25) is 4.79 Å². The number of benzene rings is 4. The average Bonchev–Trinajstić information content (AvgIpc) is 2.95. The first-order chi connectivity index (χ1) is 18.9. The molecule has 4 aromatic carbocycles. The first-order valence-corrected chi connectivity index (χ1v) is 13.3. The van der Waals surface area contributed by atoms with Crippen molar-refractivity contribution >= 4 is 40.3 Å². The van der Waals surface area contributed by atoms with E-state index < -0.39 is 5.91 Å². The van der Waals surface area contributed by atoms with Gasteiger partial charge in [0.25, 0.3) is 5.91 Å². The standard InChI is InChI=1S/C32H27IN2O4/c1-22-7-6-10-24(15-22)21-39-31-29(33)17-25(18-30(31)37-2)16-26(19-34)32(36)35-27-11-13-28(14-12-27)38-20-23-8-4-3-5-9-23/h3-18H,20-21H2,1-2H3,(H,35,36)/b26-16+. The number of nitrogens with zero attached hydrogens (tertiary/aromatic N) is 1. The number of hydrogen-bond acceptors (Lipinski definition) is 5. The van der Waals surface area contributed by atoms with Crippen molar-refractivity contribution in [2.75, 3.05) is 12.4 Å². The molecule has 0 spiro atoms. The van der Waals surface area contributed by atoms with Crippen molar-refractivity contribution in [2.24, 2.45) is 0 Å². The van der Waals surface area contributed by atoms with Crippen molar-refractivity contribution in [1.82, 2.24) is 0 Å². The molecule has 4 rings (SSSR count). The van der Waals surface area contributed by atoms with Gasteiger partial charge in [-0.15, -0.1) is 0 Å². The molecule has 4 aromatic rings. The summed E-state index contributed by atoms with van der Waals surface area (Å²) in [7, 11) is 1.56. The SMILES string of the molecule is COc1cc(/C=C(\C#N)C(=O)Nc2ccc(OCc3ccccc3)cc2)cc(I)c1OCc1cccc(C)c1. The van der Waals surface area contributed by atoms with Crippen LogP contribution in [0.4, 0.5) is 5.69 Å². The van der Waals surface area contributed by atoms with Crippen molar-refractivity contribution < 1.29 is 19.0 Å². The molecule has 0 saturated heterocycles. The molecule has 1 amide bonds. The molecule has 0 aliphatic heterocycles. The topological polar surface area (TPSA) is 80.6 Å². The maximum Gasteiger partial charge on any atom is 0.266 e. The molecule has 0 aliphatic carbocycles. The summed E-state index contributed by atoms with van der Waals surface area (Å²) in [5, 5.41) is 12.5. The number of ether oxygens (including phenoxy) is 3. The van der Waals surface area contributed by atoms with Gasteiger partial charge in [0.1, 0.15) is 30.6 Å². The average molecular weight is 630 g/mol. The Labute approximate surface area is 242 Å². The Morgan fingerprint density at radius 1 is 0.923 bits per heavy atom. The lowest BCUT2D eigenvalue weighted by Crippen LogP contribution is -2.13. The summed E-state index contributed by atoms with van der Waals surface area (Å²) >= 11 is 2.16. The summed E-state index contributed by atoms with van der Waals surface area (Å²) in [6, 6.07) is 30.6. The van der Waals surface area contributed by atoms with Crippen LogP contribution < -0.4 is 19.5 Å². The molecule has 6 nitrogen and oxygen atoms in total. The van der Waals surface area contributed by atoms with Crippen LogP contribution in [0.25, 0.3) is 6.08 Å². The van der Waals surface area contributed by atoms with Crippen LogP contribution in [0.1, 0.15) is 22.3 Å². The molecular formula is C32H27IN2O4. The normalized spacial score (nSPS) is 10.9. The summed E-state index contributed by atoms with van der Waals surface area (Å²) in [4.78, 5) is 12.8. The van der Waals surface area contributed by atoms with E-state index in [0.717, 1.165) is 20.3 Å². The third kappa shape index (κ3) is 7.85. The van der Waals surface area contributed by atoms with E-state index in [1.807, 2.05) is 67.6 Å². The Morgan fingerprint density at radius 2 is 1.64 bits per heavy atom. The van der Waals surface area contributed by atoms with Gasteiger partial charge in [-0.25, -0.2) is 0 Å². The van der Waals surface area contributed by atoms with Crippen molar-refractivity contribution in [2.45, 2.75) is 20.1 Å². The molecule has 0 unspecified atom stereocenters. The number of methoxy groups -OCH3 is 1. The highest BCUT2D eigenvalue weighted by Crippen LogP contribution is 2.35. The number of nitriles is 1. The lowest BCUT2D eigenvalue weighted by atomic mass is 10.1. The summed E-state index contributed by atoms with van der Waals surface area (Å²) < 4.78 is 18.2. The van der Waals surface area contributed by atoms with Crippen LogP contribution in [0.5, 0.6) is 17.2 Å². The summed E-state index contributed by atoms with van der Waals surface area (Å²) in [5.41, 5.74) is 4.45. The minimum atomic E-state index is -0.510. The van der Waals surface area contributed by atoms with Crippen LogP contribution in [0.3, 0.4) is 0 Å². The van der Waals surface area contributed by atoms with E-state index in [9.17, 15) is 10.1 Å². The van der Waals surface area contributed by atoms with E-state index in [4.69, 9.17) is 14.2 Å². The Hall–Kier alpha value is -4.29. The number of anilines is 1. The molecule has 1 N–H and O–H groups in total. The van der Waals surface area contributed by atoms with Gasteiger partial charge in [0.15, 0.2) is 11.5 Å². The van der Waals surface area contributed by atoms with Gasteiger partial charge in [-0.2, -0.15) is 5.26 Å². The zero-order valence-electron chi connectivity index (χ0n) is 21.6. The third-order valence-electron chi connectivity index (χ3n) is 5.75. The molecular weight excluding hydrogens is 603 g/mol. The van der Waals surface area contributed by atoms with Crippen LogP contribution in [-0.2, 0) is 18.0 Å². The number of halogens is 1. The molecule has 0 saturated carbocycles. The van der Waals surface area contributed by atoms with Crippen molar-refractivity contribution in [3.8, 4) is 23.3 Å². The maximum atomic E-state index is 12.8. The Bertz CT molecular complexity index is 1510. The van der Waals surface area contributed by atoms with Gasteiger partial charge < -0.3 is 19.5 Å². The molecule has 0 aromatic heterocycles. The molecule has 0 heterocycles. The number of amides is 1. The summed E-state index contributed by atoms with van der Waals surface area (Å²) in [6.07, 6.45) is 1.53. The number of hydrogen-bond donors (Lipinski definition) is 1. The van der Waals surface area contributed by atoms with Gasteiger partial charge in [-0.05, 0) is 88.7 Å². The highest BCUT2D eigenvalue weighted by atomic mass is 127. The predicted molar refractivity (Wildman–Crippen MR) is 161 cm³/mol. The van der Waals surface area contributed by atoms with Crippen LogP contribution in [0.15, 0.2) is 96.6 Å². The van der Waals surface area contributed by atoms with Gasteiger partial charge in [0.2, 0.25) is 0 Å². The first-order valence-electron chi connectivity index (χ1n) is 12.2. The molecule has 0 aliphatic rings. The smallest absolute Gasteiger partial charge is 0.266 e. The number of carbonyl (C=O) groups excluding carboxylic acids is 1. The second-order valence-corrected chi connectivity index (χ2v) is 9.90. The van der Waals surface area contributed by atoms with Gasteiger partial charge in [-0.1, -0.05) is 60.2 Å². The van der Waals surface area contributed by atoms with Crippen molar-refractivity contribution in [1.29, 1.82) is 5.26 Å². The zero-order valence-corrected chi connectivity index (χ0v) is 23.8. The van der Waals surface area contributed by atoms with E-state index in [1.165, 1.54) is 6.08 Å². The molecule has 196 valence electrons. The van der Waals surface area contributed by atoms with Crippen LogP contribution in [0, 0.1) is 21.8 Å². The van der Waals surface area contributed by atoms with Crippen molar-refractivity contribution in [3.63, 3.8) is 0 Å². The second-order valence-electron chi connectivity index (χ2n) is 8.73. The summed E-state index contributed by atoms with van der Waals surface area (Å²) in [5.74, 6) is 1.29. The quantitative estimate of drug-likeness (QED) is 0.113. The van der Waals surface area contributed by atoms with Gasteiger partial charge >= 0.3 is 0 Å².